The van der Waals surface area contributed by atoms with E-state index in [1.807, 2.05) is 6.07 Å². The molecule has 1 aromatic heterocycles. The zero-order valence-electron chi connectivity index (χ0n) is 11.0. The van der Waals surface area contributed by atoms with Crippen molar-refractivity contribution in [2.75, 3.05) is 10.6 Å². The third kappa shape index (κ3) is 3.03. The van der Waals surface area contributed by atoms with Crippen LogP contribution < -0.4 is 10.6 Å². The molecule has 5 nitrogen and oxygen atoms in total. The van der Waals surface area contributed by atoms with Gasteiger partial charge in [-0.3, -0.25) is 14.6 Å². The highest BCUT2D eigenvalue weighted by molar-refractivity contribution is 6.30. The molecule has 0 unspecified atom stereocenters. The van der Waals surface area contributed by atoms with Crippen molar-refractivity contribution < 1.29 is 9.59 Å². The number of aryl methyl sites for hydroxylation is 1. The quantitative estimate of drug-likeness (QED) is 0.896. The number of aromatic nitrogens is 1. The Morgan fingerprint density at radius 3 is 2.90 bits per heavy atom. The molecule has 1 aliphatic rings. The van der Waals surface area contributed by atoms with Crippen molar-refractivity contribution in [3.63, 3.8) is 0 Å². The smallest absolute Gasteiger partial charge is 0.274 e. The molecular formula is C15H12ClN3O2. The van der Waals surface area contributed by atoms with Crippen molar-refractivity contribution in [1.29, 1.82) is 0 Å². The van der Waals surface area contributed by atoms with Crippen molar-refractivity contribution >= 4 is 34.8 Å². The van der Waals surface area contributed by atoms with Crippen LogP contribution in [0.25, 0.3) is 0 Å². The maximum Gasteiger partial charge on any atom is 0.274 e. The van der Waals surface area contributed by atoms with E-state index in [4.69, 9.17) is 11.6 Å². The molecule has 106 valence electrons. The molecule has 1 aromatic carbocycles. The second-order valence-electron chi connectivity index (χ2n) is 4.73. The molecule has 2 N–H and O–H groups in total. The summed E-state index contributed by atoms with van der Waals surface area (Å²) in [5, 5.41) is 5.99. The number of carbonyl (C=O) groups is 2. The van der Waals surface area contributed by atoms with Crippen LogP contribution in [-0.4, -0.2) is 16.8 Å². The first-order valence-electron chi connectivity index (χ1n) is 6.47. The minimum Gasteiger partial charge on any atom is -0.326 e. The number of pyridine rings is 1. The molecule has 2 amide bonds. The Bertz CT molecular complexity index is 731. The highest BCUT2D eigenvalue weighted by atomic mass is 35.5. The van der Waals surface area contributed by atoms with Gasteiger partial charge in [-0.05, 0) is 36.2 Å². The first-order valence-corrected chi connectivity index (χ1v) is 6.85. The van der Waals surface area contributed by atoms with Crippen molar-refractivity contribution in [3.8, 4) is 0 Å². The van der Waals surface area contributed by atoms with Crippen LogP contribution >= 0.6 is 11.6 Å². The standard InChI is InChI=1S/C15H12ClN3O2/c16-10-5-6-17-13(7-10)15(21)18-11-3-1-9-2-4-14(20)19-12(9)8-11/h1,3,5-8H,2,4H2,(H,18,21)(H,19,20). The van der Waals surface area contributed by atoms with E-state index in [0.29, 0.717) is 23.6 Å². The van der Waals surface area contributed by atoms with Gasteiger partial charge in [0.05, 0.1) is 0 Å². The molecule has 1 aliphatic heterocycles. The molecule has 0 fully saturated rings. The first kappa shape index (κ1) is 13.6. The summed E-state index contributed by atoms with van der Waals surface area (Å²) in [4.78, 5) is 27.4. The Hall–Kier alpha value is -2.40. The van der Waals surface area contributed by atoms with E-state index in [-0.39, 0.29) is 17.5 Å². The number of hydrogen-bond donors (Lipinski definition) is 2. The second kappa shape index (κ2) is 5.54. The summed E-state index contributed by atoms with van der Waals surface area (Å²) in [5.74, 6) is -0.359. The highest BCUT2D eigenvalue weighted by Gasteiger charge is 2.15. The van der Waals surface area contributed by atoms with Gasteiger partial charge in [-0.25, -0.2) is 0 Å². The average molecular weight is 302 g/mol. The van der Waals surface area contributed by atoms with E-state index >= 15 is 0 Å². The SMILES string of the molecule is O=C1CCc2ccc(NC(=O)c3cc(Cl)ccn3)cc2N1. The van der Waals surface area contributed by atoms with E-state index < -0.39 is 0 Å². The van der Waals surface area contributed by atoms with Crippen molar-refractivity contribution in [2.45, 2.75) is 12.8 Å². The number of amides is 2. The number of nitrogens with zero attached hydrogens (tertiary/aromatic N) is 1. The molecule has 6 heteroatoms. The molecule has 0 spiro atoms. The van der Waals surface area contributed by atoms with Gasteiger partial charge >= 0.3 is 0 Å². The van der Waals surface area contributed by atoms with Gasteiger partial charge in [-0.15, -0.1) is 0 Å². The lowest BCUT2D eigenvalue weighted by Gasteiger charge is -2.17. The van der Waals surface area contributed by atoms with Gasteiger partial charge in [-0.1, -0.05) is 17.7 Å². The van der Waals surface area contributed by atoms with E-state index in [2.05, 4.69) is 15.6 Å². The van der Waals surface area contributed by atoms with Gasteiger partial charge in [0.25, 0.3) is 5.91 Å². The largest absolute Gasteiger partial charge is 0.326 e. The van der Waals surface area contributed by atoms with Crippen LogP contribution in [0.1, 0.15) is 22.5 Å². The van der Waals surface area contributed by atoms with Crippen LogP contribution in [0.4, 0.5) is 11.4 Å². The number of rotatable bonds is 2. The topological polar surface area (TPSA) is 71.1 Å². The second-order valence-corrected chi connectivity index (χ2v) is 5.17. The number of carbonyl (C=O) groups excluding carboxylic acids is 2. The van der Waals surface area contributed by atoms with Crippen LogP contribution in [0.3, 0.4) is 0 Å². The van der Waals surface area contributed by atoms with Crippen LogP contribution in [-0.2, 0) is 11.2 Å². The fourth-order valence-electron chi connectivity index (χ4n) is 2.17. The molecule has 3 rings (SSSR count). The van der Waals surface area contributed by atoms with Crippen molar-refractivity contribution in [3.05, 3.63) is 52.8 Å². The summed E-state index contributed by atoms with van der Waals surface area (Å²) < 4.78 is 0. The summed E-state index contributed by atoms with van der Waals surface area (Å²) in [7, 11) is 0. The monoisotopic (exact) mass is 301 g/mol. The van der Waals surface area contributed by atoms with Gasteiger partial charge in [-0.2, -0.15) is 0 Å². The molecule has 21 heavy (non-hydrogen) atoms. The maximum atomic E-state index is 12.1. The summed E-state index contributed by atoms with van der Waals surface area (Å²) in [6.45, 7) is 0. The van der Waals surface area contributed by atoms with E-state index in [9.17, 15) is 9.59 Å². The predicted octanol–water partition coefficient (Wildman–Crippen LogP) is 2.87. The molecule has 0 atom stereocenters. The highest BCUT2D eigenvalue weighted by Crippen LogP contribution is 2.26. The van der Waals surface area contributed by atoms with Crippen LogP contribution in [0.15, 0.2) is 36.5 Å². The van der Waals surface area contributed by atoms with Crippen LogP contribution in [0, 0.1) is 0 Å². The summed E-state index contributed by atoms with van der Waals surface area (Å²) in [6.07, 6.45) is 2.68. The van der Waals surface area contributed by atoms with Crippen molar-refractivity contribution in [1.82, 2.24) is 4.98 Å². The Morgan fingerprint density at radius 1 is 1.24 bits per heavy atom. The van der Waals surface area contributed by atoms with Gasteiger partial charge in [0.1, 0.15) is 5.69 Å². The molecule has 2 heterocycles. The molecular weight excluding hydrogens is 290 g/mol. The number of anilines is 2. The maximum absolute atomic E-state index is 12.1. The number of halogens is 1. The lowest BCUT2D eigenvalue weighted by atomic mass is 10.0. The number of fused-ring (bicyclic) bond motifs is 1. The Morgan fingerprint density at radius 2 is 2.10 bits per heavy atom. The Balaban J connectivity index is 1.80. The van der Waals surface area contributed by atoms with E-state index in [0.717, 1.165) is 11.3 Å². The van der Waals surface area contributed by atoms with Crippen molar-refractivity contribution in [2.24, 2.45) is 0 Å². The zero-order chi connectivity index (χ0) is 14.8. The summed E-state index contributed by atoms with van der Waals surface area (Å²) >= 11 is 5.84. The molecule has 0 saturated carbocycles. The minimum absolute atomic E-state index is 0.0116. The summed E-state index contributed by atoms with van der Waals surface area (Å²) in [5.41, 5.74) is 2.64. The summed E-state index contributed by atoms with van der Waals surface area (Å²) in [6, 6.07) is 8.55. The third-order valence-electron chi connectivity index (χ3n) is 3.22. The minimum atomic E-state index is -0.348. The Kier molecular flexibility index (Phi) is 3.58. The van der Waals surface area contributed by atoms with E-state index in [1.54, 1.807) is 18.2 Å². The van der Waals surface area contributed by atoms with Crippen LogP contribution in [0.2, 0.25) is 5.02 Å². The van der Waals surface area contributed by atoms with Crippen LogP contribution in [0.5, 0.6) is 0 Å². The Labute approximate surface area is 126 Å². The first-order chi connectivity index (χ1) is 10.1. The molecule has 0 saturated heterocycles. The molecule has 0 bridgehead atoms. The van der Waals surface area contributed by atoms with Gasteiger partial charge in [0.2, 0.25) is 5.91 Å². The average Bonchev–Trinajstić information content (AvgIpc) is 2.46. The zero-order valence-corrected chi connectivity index (χ0v) is 11.8. The molecule has 2 aromatic rings. The van der Waals surface area contributed by atoms with Gasteiger partial charge in [0, 0.05) is 29.0 Å². The van der Waals surface area contributed by atoms with E-state index in [1.165, 1.54) is 12.3 Å². The number of benzene rings is 1. The number of nitrogens with one attached hydrogen (secondary N) is 2. The third-order valence-corrected chi connectivity index (χ3v) is 3.45. The van der Waals surface area contributed by atoms with Gasteiger partial charge < -0.3 is 10.6 Å². The van der Waals surface area contributed by atoms with Gasteiger partial charge in [0.15, 0.2) is 0 Å². The lowest BCUT2D eigenvalue weighted by molar-refractivity contribution is -0.116. The fourth-order valence-corrected chi connectivity index (χ4v) is 2.33. The molecule has 0 aliphatic carbocycles. The number of hydrogen-bond acceptors (Lipinski definition) is 3. The molecule has 0 radical (unpaired) electrons. The predicted molar refractivity (Wildman–Crippen MR) is 80.6 cm³/mol. The normalized spacial score (nSPS) is 13.3. The lowest BCUT2D eigenvalue weighted by Crippen LogP contribution is -2.19. The fraction of sp³-hybridized carbons (Fsp3) is 0.133.